The number of nitrogens with one attached hydrogen (secondary N) is 1. The van der Waals surface area contributed by atoms with E-state index in [0.717, 1.165) is 18.2 Å². The van der Waals surface area contributed by atoms with Gasteiger partial charge in [-0.05, 0) is 31.0 Å². The molecule has 1 N–H and O–H groups in total. The molecule has 3 rings (SSSR count). The molecule has 0 spiro atoms. The number of para-hydroxylation sites is 2. The number of esters is 1. The Morgan fingerprint density at radius 1 is 1.17 bits per heavy atom. The molecule has 1 heterocycles. The molecule has 0 aromatic heterocycles. The lowest BCUT2D eigenvalue weighted by Crippen LogP contribution is -2.37. The van der Waals surface area contributed by atoms with Crippen LogP contribution in [-0.2, 0) is 14.3 Å². The van der Waals surface area contributed by atoms with E-state index in [9.17, 15) is 28.5 Å². The molecule has 158 valence electrons. The van der Waals surface area contributed by atoms with Gasteiger partial charge >= 0.3 is 5.97 Å². The number of carbonyl (C=O) groups is 2. The topological polar surface area (TPSA) is 102 Å². The number of amides is 1. The molecule has 0 atom stereocenters. The van der Waals surface area contributed by atoms with E-state index in [1.54, 1.807) is 18.2 Å². The number of hydrogen-bond acceptors (Lipinski definition) is 6. The fourth-order valence-electron chi connectivity index (χ4n) is 3.28. The molecule has 30 heavy (non-hydrogen) atoms. The Kier molecular flexibility index (Phi) is 6.55. The van der Waals surface area contributed by atoms with E-state index >= 15 is 0 Å². The Labute approximate surface area is 170 Å². The molecule has 0 radical (unpaired) electrons. The number of nitro groups is 1. The van der Waals surface area contributed by atoms with Crippen LogP contribution in [0.5, 0.6) is 0 Å². The molecule has 1 aliphatic rings. The predicted octanol–water partition coefficient (Wildman–Crippen LogP) is 3.27. The van der Waals surface area contributed by atoms with E-state index in [2.05, 4.69) is 5.32 Å². The first kappa shape index (κ1) is 21.2. The molecule has 1 amide bonds. The number of nitrogens with zero attached hydrogens (tertiary/aromatic N) is 2. The third-order valence-electron chi connectivity index (χ3n) is 4.80. The van der Waals surface area contributed by atoms with Crippen LogP contribution in [0.2, 0.25) is 0 Å². The van der Waals surface area contributed by atoms with Gasteiger partial charge < -0.3 is 15.0 Å². The lowest BCUT2D eigenvalue weighted by atomic mass is 9.96. The molecule has 0 unspecified atom stereocenters. The Morgan fingerprint density at radius 2 is 1.87 bits per heavy atom. The van der Waals surface area contributed by atoms with Gasteiger partial charge in [-0.1, -0.05) is 12.1 Å². The predicted molar refractivity (Wildman–Crippen MR) is 104 cm³/mol. The summed E-state index contributed by atoms with van der Waals surface area (Å²) >= 11 is 0. The van der Waals surface area contributed by atoms with Crippen molar-refractivity contribution < 1.29 is 28.0 Å². The lowest BCUT2D eigenvalue weighted by molar-refractivity contribution is -0.384. The summed E-state index contributed by atoms with van der Waals surface area (Å²) in [5.41, 5.74) is 0.152. The van der Waals surface area contributed by atoms with Crippen molar-refractivity contribution in [1.29, 1.82) is 0 Å². The van der Waals surface area contributed by atoms with Crippen LogP contribution < -0.4 is 10.2 Å². The van der Waals surface area contributed by atoms with Crippen LogP contribution in [0.25, 0.3) is 0 Å². The highest BCUT2D eigenvalue weighted by atomic mass is 19.1. The van der Waals surface area contributed by atoms with Crippen molar-refractivity contribution in [3.63, 3.8) is 0 Å². The zero-order valence-electron chi connectivity index (χ0n) is 15.8. The standard InChI is InChI=1S/C20H19F2N3O5/c21-14-5-6-15(22)16(11-14)23-19(26)12-30-20(27)13-7-9-24(10-8-13)17-3-1-2-4-18(17)25(28)29/h1-6,11,13H,7-10,12H2,(H,23,26). The van der Waals surface area contributed by atoms with E-state index < -0.39 is 41.0 Å². The van der Waals surface area contributed by atoms with E-state index in [-0.39, 0.29) is 11.4 Å². The molecule has 0 aliphatic carbocycles. The first-order valence-corrected chi connectivity index (χ1v) is 9.25. The zero-order chi connectivity index (χ0) is 21.7. The number of nitro benzene ring substituents is 1. The zero-order valence-corrected chi connectivity index (χ0v) is 15.8. The van der Waals surface area contributed by atoms with Gasteiger partial charge in [0.2, 0.25) is 0 Å². The highest BCUT2D eigenvalue weighted by Crippen LogP contribution is 2.31. The highest BCUT2D eigenvalue weighted by molar-refractivity contribution is 5.93. The first-order valence-electron chi connectivity index (χ1n) is 9.25. The number of ether oxygens (including phenoxy) is 1. The van der Waals surface area contributed by atoms with E-state index in [1.807, 2.05) is 4.90 Å². The van der Waals surface area contributed by atoms with Gasteiger partial charge in [0, 0.05) is 25.2 Å². The van der Waals surface area contributed by atoms with Gasteiger partial charge in [0.1, 0.15) is 17.3 Å². The van der Waals surface area contributed by atoms with E-state index in [0.29, 0.717) is 31.6 Å². The minimum atomic E-state index is -0.807. The molecular formula is C20H19F2N3O5. The van der Waals surface area contributed by atoms with E-state index in [4.69, 9.17) is 4.74 Å². The maximum atomic E-state index is 13.5. The van der Waals surface area contributed by atoms with Gasteiger partial charge in [-0.3, -0.25) is 19.7 Å². The molecule has 8 nitrogen and oxygen atoms in total. The second-order valence-electron chi connectivity index (χ2n) is 6.79. The van der Waals surface area contributed by atoms with E-state index in [1.165, 1.54) is 6.07 Å². The number of benzene rings is 2. The second-order valence-corrected chi connectivity index (χ2v) is 6.79. The summed E-state index contributed by atoms with van der Waals surface area (Å²) in [6.07, 6.45) is 0.816. The number of piperidine rings is 1. The molecule has 1 fully saturated rings. The number of anilines is 2. The average Bonchev–Trinajstić information content (AvgIpc) is 2.74. The number of halogens is 2. The SMILES string of the molecule is O=C(COC(=O)C1CCN(c2ccccc2[N+](=O)[O-])CC1)Nc1cc(F)ccc1F. The summed E-state index contributed by atoms with van der Waals surface area (Å²) in [7, 11) is 0. The Morgan fingerprint density at radius 3 is 2.57 bits per heavy atom. The largest absolute Gasteiger partial charge is 0.455 e. The summed E-state index contributed by atoms with van der Waals surface area (Å²) in [6.45, 7) is 0.218. The minimum absolute atomic E-state index is 0.000205. The van der Waals surface area contributed by atoms with Crippen molar-refractivity contribution in [2.24, 2.45) is 5.92 Å². The fourth-order valence-corrected chi connectivity index (χ4v) is 3.28. The van der Waals surface area contributed by atoms with Crippen LogP contribution in [0.1, 0.15) is 12.8 Å². The van der Waals surface area contributed by atoms with Crippen molar-refractivity contribution >= 4 is 28.9 Å². The highest BCUT2D eigenvalue weighted by Gasteiger charge is 2.29. The van der Waals surface area contributed by atoms with Crippen molar-refractivity contribution in [3.05, 3.63) is 64.2 Å². The smallest absolute Gasteiger partial charge is 0.309 e. The molecule has 2 aromatic rings. The fraction of sp³-hybridized carbons (Fsp3) is 0.300. The van der Waals surface area contributed by atoms with Crippen molar-refractivity contribution in [3.8, 4) is 0 Å². The Bertz CT molecular complexity index is 961. The van der Waals surface area contributed by atoms with Gasteiger partial charge in [0.15, 0.2) is 6.61 Å². The monoisotopic (exact) mass is 419 g/mol. The van der Waals surface area contributed by atoms with Crippen LogP contribution in [0.15, 0.2) is 42.5 Å². The normalized spacial score (nSPS) is 14.3. The Hall–Kier alpha value is -3.56. The van der Waals surface area contributed by atoms with Crippen molar-refractivity contribution in [1.82, 2.24) is 0 Å². The third kappa shape index (κ3) is 5.07. The van der Waals surface area contributed by atoms with Gasteiger partial charge in [-0.15, -0.1) is 0 Å². The molecule has 10 heteroatoms. The van der Waals surface area contributed by atoms with Crippen LogP contribution in [0.4, 0.5) is 25.8 Å². The van der Waals surface area contributed by atoms with Gasteiger partial charge in [0.25, 0.3) is 11.6 Å². The summed E-state index contributed by atoms with van der Waals surface area (Å²) < 4.78 is 31.7. The maximum absolute atomic E-state index is 13.5. The summed E-state index contributed by atoms with van der Waals surface area (Å²) in [5, 5.41) is 13.3. The summed E-state index contributed by atoms with van der Waals surface area (Å²) in [6, 6.07) is 9.01. The Balaban J connectivity index is 1.49. The van der Waals surface area contributed by atoms with Gasteiger partial charge in [-0.2, -0.15) is 0 Å². The van der Waals surface area contributed by atoms with Gasteiger partial charge in [-0.25, -0.2) is 8.78 Å². The summed E-state index contributed by atoms with van der Waals surface area (Å²) in [4.78, 5) is 36.6. The van der Waals surface area contributed by atoms with Gasteiger partial charge in [0.05, 0.1) is 16.5 Å². The molecule has 1 saturated heterocycles. The molecule has 0 saturated carbocycles. The van der Waals surface area contributed by atoms with Crippen LogP contribution in [0, 0.1) is 27.7 Å². The number of carbonyl (C=O) groups excluding carboxylic acids is 2. The molecule has 2 aromatic carbocycles. The summed E-state index contributed by atoms with van der Waals surface area (Å²) in [5.74, 6) is -3.34. The third-order valence-corrected chi connectivity index (χ3v) is 4.80. The molecular weight excluding hydrogens is 400 g/mol. The lowest BCUT2D eigenvalue weighted by Gasteiger charge is -2.32. The van der Waals surface area contributed by atoms with Crippen LogP contribution in [-0.4, -0.2) is 36.5 Å². The number of rotatable bonds is 6. The first-order chi connectivity index (χ1) is 14.3. The quantitative estimate of drug-likeness (QED) is 0.438. The van der Waals surface area contributed by atoms with Crippen LogP contribution >= 0.6 is 0 Å². The average molecular weight is 419 g/mol. The molecule has 0 bridgehead atoms. The minimum Gasteiger partial charge on any atom is -0.455 e. The second kappa shape index (κ2) is 9.29. The molecule has 1 aliphatic heterocycles. The maximum Gasteiger partial charge on any atom is 0.309 e. The van der Waals surface area contributed by atoms with Crippen molar-refractivity contribution in [2.45, 2.75) is 12.8 Å². The van der Waals surface area contributed by atoms with Crippen molar-refractivity contribution in [2.75, 3.05) is 29.9 Å². The number of hydrogen-bond donors (Lipinski definition) is 1. The van der Waals surface area contributed by atoms with Crippen LogP contribution in [0.3, 0.4) is 0 Å².